The Hall–Kier alpha value is -4.13. The number of rotatable bonds is 6. The minimum atomic E-state index is -0.283. The van der Waals surface area contributed by atoms with Crippen LogP contribution in [0, 0.1) is 12.7 Å². The molecule has 7 heteroatoms. The topological polar surface area (TPSA) is 65.4 Å². The average molecular weight is 458 g/mol. The second kappa shape index (κ2) is 9.02. The Labute approximate surface area is 196 Å². The molecule has 172 valence electrons. The lowest BCUT2D eigenvalue weighted by Gasteiger charge is -2.26. The van der Waals surface area contributed by atoms with Gasteiger partial charge in [0.05, 0.1) is 18.5 Å². The van der Waals surface area contributed by atoms with Gasteiger partial charge in [-0.2, -0.15) is 5.10 Å². The number of hydrogen-bond donors (Lipinski definition) is 1. The number of carbonyl (C=O) groups is 1. The highest BCUT2D eigenvalue weighted by Gasteiger charge is 2.34. The summed E-state index contributed by atoms with van der Waals surface area (Å²) in [4.78, 5) is 12.8. The molecule has 1 aromatic heterocycles. The van der Waals surface area contributed by atoms with Crippen molar-refractivity contribution in [2.45, 2.75) is 25.9 Å². The summed E-state index contributed by atoms with van der Waals surface area (Å²) in [5.41, 5.74) is 4.41. The smallest absolute Gasteiger partial charge is 0.226 e. The molecule has 5 rings (SSSR count). The maximum Gasteiger partial charge on any atom is 0.226 e. The Morgan fingerprint density at radius 3 is 2.53 bits per heavy atom. The van der Waals surface area contributed by atoms with Crippen molar-refractivity contribution >= 4 is 11.7 Å². The fourth-order valence-corrected chi connectivity index (χ4v) is 4.36. The first kappa shape index (κ1) is 21.7. The molecule has 1 aliphatic rings. The van der Waals surface area contributed by atoms with E-state index in [1.54, 1.807) is 23.9 Å². The van der Waals surface area contributed by atoms with Crippen molar-refractivity contribution in [2.24, 2.45) is 0 Å². The fraction of sp³-hybridized carbons (Fsp3) is 0.185. The van der Waals surface area contributed by atoms with E-state index in [1.165, 1.54) is 12.1 Å². The highest BCUT2D eigenvalue weighted by molar-refractivity contribution is 5.95. The number of methoxy groups -OCH3 is 1. The monoisotopic (exact) mass is 457 g/mol. The standard InChI is InChI=1S/C27H24FN3O3/c1-17-26-23(22-5-3-4-6-24(22)34-16-18-7-9-19(28)10-8-18)15-25(32)29-27(26)31(30-17)20-11-13-21(33-2)14-12-20/h3-14,23H,15-16H2,1-2H3,(H,29,32)/t23-/m0/s1. The molecule has 0 saturated carbocycles. The lowest BCUT2D eigenvalue weighted by Crippen LogP contribution is -2.25. The summed E-state index contributed by atoms with van der Waals surface area (Å²) in [5, 5.41) is 7.76. The summed E-state index contributed by atoms with van der Waals surface area (Å²) < 4.78 is 26.4. The molecular formula is C27H24FN3O3. The molecule has 1 amide bonds. The van der Waals surface area contributed by atoms with E-state index >= 15 is 0 Å². The van der Waals surface area contributed by atoms with Gasteiger partial charge in [0.2, 0.25) is 5.91 Å². The van der Waals surface area contributed by atoms with E-state index in [1.807, 2.05) is 55.5 Å². The number of para-hydroxylation sites is 1. The molecule has 2 heterocycles. The number of fused-ring (bicyclic) bond motifs is 1. The SMILES string of the molecule is COc1ccc(-n2nc(C)c3c2NC(=O)C[C@H]3c2ccccc2OCc2ccc(F)cc2)cc1. The van der Waals surface area contributed by atoms with Crippen LogP contribution in [0.1, 0.15) is 34.7 Å². The average Bonchev–Trinajstić information content (AvgIpc) is 3.19. The van der Waals surface area contributed by atoms with E-state index in [-0.39, 0.29) is 17.6 Å². The molecule has 0 saturated heterocycles. The molecule has 0 spiro atoms. The van der Waals surface area contributed by atoms with E-state index in [0.29, 0.717) is 24.6 Å². The molecule has 34 heavy (non-hydrogen) atoms. The van der Waals surface area contributed by atoms with Gasteiger partial charge in [-0.15, -0.1) is 0 Å². The number of nitrogens with one attached hydrogen (secondary N) is 1. The Morgan fingerprint density at radius 1 is 1.06 bits per heavy atom. The number of benzene rings is 3. The number of aryl methyl sites for hydroxylation is 1. The van der Waals surface area contributed by atoms with Crippen molar-refractivity contribution in [1.29, 1.82) is 0 Å². The van der Waals surface area contributed by atoms with E-state index in [9.17, 15) is 9.18 Å². The van der Waals surface area contributed by atoms with Crippen LogP contribution in [0.25, 0.3) is 5.69 Å². The van der Waals surface area contributed by atoms with Crippen LogP contribution in [0.4, 0.5) is 10.2 Å². The number of anilines is 1. The minimum absolute atomic E-state index is 0.0829. The zero-order valence-corrected chi connectivity index (χ0v) is 18.9. The number of halogens is 1. The van der Waals surface area contributed by atoms with Crippen molar-refractivity contribution in [1.82, 2.24) is 9.78 Å². The van der Waals surface area contributed by atoms with Gasteiger partial charge >= 0.3 is 0 Å². The van der Waals surface area contributed by atoms with Crippen LogP contribution < -0.4 is 14.8 Å². The van der Waals surface area contributed by atoms with Crippen LogP contribution in [0.2, 0.25) is 0 Å². The number of hydrogen-bond acceptors (Lipinski definition) is 4. The molecule has 0 unspecified atom stereocenters. The number of ether oxygens (including phenoxy) is 2. The quantitative estimate of drug-likeness (QED) is 0.422. The zero-order valence-electron chi connectivity index (χ0n) is 18.9. The fourth-order valence-electron chi connectivity index (χ4n) is 4.36. The van der Waals surface area contributed by atoms with Crippen molar-refractivity contribution in [3.05, 3.63) is 101 Å². The number of amides is 1. The van der Waals surface area contributed by atoms with Crippen molar-refractivity contribution in [2.75, 3.05) is 12.4 Å². The van der Waals surface area contributed by atoms with Gasteiger partial charge in [0.25, 0.3) is 0 Å². The van der Waals surface area contributed by atoms with Gasteiger partial charge in [0.1, 0.15) is 29.7 Å². The first-order valence-corrected chi connectivity index (χ1v) is 11.0. The van der Waals surface area contributed by atoms with Crippen LogP contribution in [0.5, 0.6) is 11.5 Å². The van der Waals surface area contributed by atoms with Crippen molar-refractivity contribution in [3.63, 3.8) is 0 Å². The van der Waals surface area contributed by atoms with E-state index in [0.717, 1.165) is 33.8 Å². The third-order valence-corrected chi connectivity index (χ3v) is 6.02. The molecule has 6 nitrogen and oxygen atoms in total. The molecule has 0 bridgehead atoms. The molecular weight excluding hydrogens is 433 g/mol. The van der Waals surface area contributed by atoms with Gasteiger partial charge in [-0.25, -0.2) is 9.07 Å². The Balaban J connectivity index is 1.51. The van der Waals surface area contributed by atoms with Gasteiger partial charge in [0, 0.05) is 23.5 Å². The van der Waals surface area contributed by atoms with Gasteiger partial charge in [-0.1, -0.05) is 30.3 Å². The molecule has 3 aromatic carbocycles. The molecule has 1 atom stereocenters. The molecule has 0 fully saturated rings. The van der Waals surface area contributed by atoms with E-state index in [2.05, 4.69) is 5.32 Å². The Kier molecular flexibility index (Phi) is 5.76. The molecule has 0 aliphatic carbocycles. The summed E-state index contributed by atoms with van der Waals surface area (Å²) in [5.74, 6) is 1.52. The highest BCUT2D eigenvalue weighted by Crippen LogP contribution is 2.43. The normalized spacial score (nSPS) is 14.9. The Bertz CT molecular complexity index is 1330. The molecule has 0 radical (unpaired) electrons. The van der Waals surface area contributed by atoms with Crippen molar-refractivity contribution in [3.8, 4) is 17.2 Å². The number of nitrogens with zero attached hydrogens (tertiary/aromatic N) is 2. The molecule has 1 aliphatic heterocycles. The van der Waals surface area contributed by atoms with E-state index in [4.69, 9.17) is 14.6 Å². The maximum absolute atomic E-state index is 13.2. The van der Waals surface area contributed by atoms with Gasteiger partial charge in [-0.3, -0.25) is 4.79 Å². The van der Waals surface area contributed by atoms with Crippen LogP contribution in [-0.4, -0.2) is 22.8 Å². The van der Waals surface area contributed by atoms with Gasteiger partial charge < -0.3 is 14.8 Å². The third kappa shape index (κ3) is 4.12. The summed E-state index contributed by atoms with van der Waals surface area (Å²) in [6.45, 7) is 2.25. The van der Waals surface area contributed by atoms with Crippen LogP contribution in [0.3, 0.4) is 0 Å². The summed E-state index contributed by atoms with van der Waals surface area (Å²) in [6.07, 6.45) is 0.291. The van der Waals surface area contributed by atoms with E-state index < -0.39 is 0 Å². The third-order valence-electron chi connectivity index (χ3n) is 6.02. The predicted octanol–water partition coefficient (Wildman–Crippen LogP) is 5.38. The minimum Gasteiger partial charge on any atom is -0.497 e. The summed E-state index contributed by atoms with van der Waals surface area (Å²) in [6, 6.07) is 21.5. The highest BCUT2D eigenvalue weighted by atomic mass is 19.1. The largest absolute Gasteiger partial charge is 0.497 e. The van der Waals surface area contributed by atoms with Crippen LogP contribution in [0.15, 0.2) is 72.8 Å². The second-order valence-electron chi connectivity index (χ2n) is 8.22. The van der Waals surface area contributed by atoms with Crippen LogP contribution >= 0.6 is 0 Å². The van der Waals surface area contributed by atoms with Crippen molar-refractivity contribution < 1.29 is 18.7 Å². The first-order valence-electron chi connectivity index (χ1n) is 11.0. The molecule has 1 N–H and O–H groups in total. The predicted molar refractivity (Wildman–Crippen MR) is 127 cm³/mol. The maximum atomic E-state index is 13.2. The molecule has 4 aromatic rings. The first-order chi connectivity index (χ1) is 16.5. The second-order valence-corrected chi connectivity index (χ2v) is 8.22. The Morgan fingerprint density at radius 2 is 1.79 bits per heavy atom. The summed E-state index contributed by atoms with van der Waals surface area (Å²) in [7, 11) is 1.62. The number of aromatic nitrogens is 2. The lowest BCUT2D eigenvalue weighted by atomic mass is 9.85. The van der Waals surface area contributed by atoms with Crippen LogP contribution in [-0.2, 0) is 11.4 Å². The lowest BCUT2D eigenvalue weighted by molar-refractivity contribution is -0.116. The summed E-state index contributed by atoms with van der Waals surface area (Å²) >= 11 is 0. The number of carbonyl (C=O) groups excluding carboxylic acids is 1. The van der Waals surface area contributed by atoms with Gasteiger partial charge in [0.15, 0.2) is 0 Å². The van der Waals surface area contributed by atoms with Gasteiger partial charge in [-0.05, 0) is 55.0 Å². The zero-order chi connectivity index (χ0) is 23.7.